The van der Waals surface area contributed by atoms with Gasteiger partial charge in [0.1, 0.15) is 5.69 Å². The number of aromatic nitrogens is 3. The molecular formula is C17H22N4O. The highest BCUT2D eigenvalue weighted by atomic mass is 16.2. The fourth-order valence-corrected chi connectivity index (χ4v) is 3.18. The zero-order valence-electron chi connectivity index (χ0n) is 13.2. The molecule has 0 saturated carbocycles. The molecule has 1 amide bonds. The molecule has 2 aromatic heterocycles. The maximum absolute atomic E-state index is 12.9. The van der Waals surface area contributed by atoms with Crippen molar-refractivity contribution in [2.75, 3.05) is 6.54 Å². The van der Waals surface area contributed by atoms with Crippen LogP contribution in [0.4, 0.5) is 0 Å². The highest BCUT2D eigenvalue weighted by Gasteiger charge is 2.32. The average molecular weight is 298 g/mol. The van der Waals surface area contributed by atoms with Gasteiger partial charge >= 0.3 is 0 Å². The van der Waals surface area contributed by atoms with Gasteiger partial charge < -0.3 is 4.90 Å². The molecule has 0 aromatic carbocycles. The molecule has 1 aliphatic heterocycles. The Balaban J connectivity index is 1.85. The van der Waals surface area contributed by atoms with E-state index in [1.165, 1.54) is 0 Å². The van der Waals surface area contributed by atoms with E-state index < -0.39 is 0 Å². The largest absolute Gasteiger partial charge is 0.330 e. The van der Waals surface area contributed by atoms with Gasteiger partial charge in [-0.3, -0.25) is 14.5 Å². The molecule has 116 valence electrons. The van der Waals surface area contributed by atoms with Crippen LogP contribution in [0.1, 0.15) is 54.0 Å². The summed E-state index contributed by atoms with van der Waals surface area (Å²) in [5, 5.41) is 4.45. The second-order valence-electron chi connectivity index (χ2n) is 5.84. The maximum atomic E-state index is 12.9. The van der Waals surface area contributed by atoms with Crippen molar-refractivity contribution in [3.05, 3.63) is 47.5 Å². The first kappa shape index (κ1) is 14.8. The molecular weight excluding hydrogens is 276 g/mol. The molecule has 2 aromatic rings. The van der Waals surface area contributed by atoms with Crippen LogP contribution in [-0.4, -0.2) is 32.1 Å². The lowest BCUT2D eigenvalue weighted by Gasteiger charge is -2.24. The molecule has 3 heterocycles. The third kappa shape index (κ3) is 2.75. The summed E-state index contributed by atoms with van der Waals surface area (Å²) < 4.78 is 1.71. The van der Waals surface area contributed by atoms with Crippen LogP contribution < -0.4 is 0 Å². The second-order valence-corrected chi connectivity index (χ2v) is 5.84. The van der Waals surface area contributed by atoms with Crippen LogP contribution in [0.5, 0.6) is 0 Å². The van der Waals surface area contributed by atoms with Crippen molar-refractivity contribution in [1.29, 1.82) is 0 Å². The fourth-order valence-electron chi connectivity index (χ4n) is 3.18. The maximum Gasteiger partial charge on any atom is 0.272 e. The summed E-state index contributed by atoms with van der Waals surface area (Å²) in [6.07, 6.45) is 7.60. The third-order valence-corrected chi connectivity index (χ3v) is 4.24. The van der Waals surface area contributed by atoms with Crippen molar-refractivity contribution in [2.45, 2.75) is 38.6 Å². The number of nitrogens with zero attached hydrogens (tertiary/aromatic N) is 4. The smallest absolute Gasteiger partial charge is 0.272 e. The zero-order valence-corrected chi connectivity index (χ0v) is 13.2. The van der Waals surface area contributed by atoms with Gasteiger partial charge in [-0.2, -0.15) is 5.10 Å². The molecule has 22 heavy (non-hydrogen) atoms. The number of carbonyl (C=O) groups is 1. The van der Waals surface area contributed by atoms with Gasteiger partial charge in [-0.15, -0.1) is 0 Å². The zero-order chi connectivity index (χ0) is 15.5. The van der Waals surface area contributed by atoms with Crippen molar-refractivity contribution >= 4 is 5.91 Å². The van der Waals surface area contributed by atoms with Crippen molar-refractivity contribution < 1.29 is 4.79 Å². The van der Waals surface area contributed by atoms with Crippen LogP contribution in [0, 0.1) is 0 Å². The van der Waals surface area contributed by atoms with Crippen LogP contribution in [0.25, 0.3) is 0 Å². The van der Waals surface area contributed by atoms with Crippen LogP contribution >= 0.6 is 0 Å². The van der Waals surface area contributed by atoms with E-state index >= 15 is 0 Å². The molecule has 0 radical (unpaired) electrons. The molecule has 1 aliphatic rings. The molecule has 0 N–H and O–H groups in total. The van der Waals surface area contributed by atoms with E-state index in [0.29, 0.717) is 5.69 Å². The minimum Gasteiger partial charge on any atom is -0.330 e. The molecule has 1 atom stereocenters. The van der Waals surface area contributed by atoms with Crippen molar-refractivity contribution in [3.8, 4) is 0 Å². The second kappa shape index (κ2) is 6.30. The normalized spacial score (nSPS) is 17.9. The van der Waals surface area contributed by atoms with E-state index in [9.17, 15) is 4.79 Å². The first-order valence-corrected chi connectivity index (χ1v) is 7.94. The summed E-state index contributed by atoms with van der Waals surface area (Å²) in [6.45, 7) is 2.92. The minimum atomic E-state index is 0.0729. The Morgan fingerprint density at radius 2 is 2.32 bits per heavy atom. The molecule has 1 saturated heterocycles. The van der Waals surface area contributed by atoms with Crippen LogP contribution in [0.2, 0.25) is 0 Å². The summed E-state index contributed by atoms with van der Waals surface area (Å²) in [4.78, 5) is 19.1. The molecule has 0 aliphatic carbocycles. The Hall–Kier alpha value is -2.17. The Kier molecular flexibility index (Phi) is 4.22. The molecule has 1 fully saturated rings. The number of hydrogen-bond acceptors (Lipinski definition) is 3. The van der Waals surface area contributed by atoms with E-state index in [-0.39, 0.29) is 11.9 Å². The lowest BCUT2D eigenvalue weighted by molar-refractivity contribution is 0.0724. The Morgan fingerprint density at radius 1 is 1.45 bits per heavy atom. The van der Waals surface area contributed by atoms with Gasteiger partial charge in [0.2, 0.25) is 0 Å². The van der Waals surface area contributed by atoms with Crippen molar-refractivity contribution in [1.82, 2.24) is 19.7 Å². The quantitative estimate of drug-likeness (QED) is 0.872. The monoisotopic (exact) mass is 298 g/mol. The molecule has 3 rings (SSSR count). The summed E-state index contributed by atoms with van der Waals surface area (Å²) >= 11 is 0. The Morgan fingerprint density at radius 3 is 3.05 bits per heavy atom. The van der Waals surface area contributed by atoms with Gasteiger partial charge in [0.15, 0.2) is 0 Å². The fraction of sp³-hybridized carbons (Fsp3) is 0.471. The summed E-state index contributed by atoms with van der Waals surface area (Å²) in [7, 11) is 1.85. The summed E-state index contributed by atoms with van der Waals surface area (Å²) in [6, 6.07) is 6.05. The minimum absolute atomic E-state index is 0.0729. The van der Waals surface area contributed by atoms with Gasteiger partial charge in [0, 0.05) is 26.0 Å². The first-order valence-electron chi connectivity index (χ1n) is 7.94. The van der Waals surface area contributed by atoms with Gasteiger partial charge in [0.25, 0.3) is 5.91 Å². The average Bonchev–Trinajstić information content (AvgIpc) is 3.15. The summed E-state index contributed by atoms with van der Waals surface area (Å²) in [5.41, 5.74) is 2.79. The van der Waals surface area contributed by atoms with Crippen molar-refractivity contribution in [2.24, 2.45) is 7.05 Å². The van der Waals surface area contributed by atoms with Gasteiger partial charge in [-0.25, -0.2) is 0 Å². The topological polar surface area (TPSA) is 51.0 Å². The molecule has 0 bridgehead atoms. The van der Waals surface area contributed by atoms with E-state index in [2.05, 4.69) is 23.1 Å². The number of aryl methyl sites for hydroxylation is 2. The van der Waals surface area contributed by atoms with E-state index in [1.54, 1.807) is 10.9 Å². The predicted molar refractivity (Wildman–Crippen MR) is 84.5 cm³/mol. The number of carbonyl (C=O) groups excluding carboxylic acids is 1. The molecule has 5 heteroatoms. The third-order valence-electron chi connectivity index (χ3n) is 4.24. The van der Waals surface area contributed by atoms with Gasteiger partial charge in [-0.1, -0.05) is 19.4 Å². The van der Waals surface area contributed by atoms with Gasteiger partial charge in [0.05, 0.1) is 11.7 Å². The van der Waals surface area contributed by atoms with E-state index in [4.69, 9.17) is 0 Å². The van der Waals surface area contributed by atoms with E-state index in [0.717, 1.165) is 43.5 Å². The van der Waals surface area contributed by atoms with Crippen molar-refractivity contribution in [3.63, 3.8) is 0 Å². The number of pyridine rings is 1. The summed E-state index contributed by atoms with van der Waals surface area (Å²) in [5.74, 6) is 0.0729. The number of amides is 1. The van der Waals surface area contributed by atoms with Crippen LogP contribution in [-0.2, 0) is 13.5 Å². The van der Waals surface area contributed by atoms with Gasteiger partial charge in [-0.05, 0) is 37.0 Å². The lowest BCUT2D eigenvalue weighted by Crippen LogP contribution is -2.32. The standard InChI is InChI=1S/C17H22N4O/c1-3-6-14-11-16(20(2)19-14)17(22)21-10-5-8-15(21)13-7-4-9-18-12-13/h4,7,9,11-12,15H,3,5-6,8,10H2,1-2H3. The lowest BCUT2D eigenvalue weighted by atomic mass is 10.1. The number of likely N-dealkylation sites (tertiary alicyclic amines) is 1. The molecule has 0 spiro atoms. The number of rotatable bonds is 4. The Labute approximate surface area is 131 Å². The molecule has 5 nitrogen and oxygen atoms in total. The van der Waals surface area contributed by atoms with Crippen LogP contribution in [0.15, 0.2) is 30.6 Å². The highest BCUT2D eigenvalue weighted by molar-refractivity contribution is 5.93. The molecule has 1 unspecified atom stereocenters. The van der Waals surface area contributed by atoms with E-state index in [1.807, 2.05) is 30.3 Å². The first-order chi connectivity index (χ1) is 10.7. The SMILES string of the molecule is CCCc1cc(C(=O)N2CCCC2c2cccnc2)n(C)n1. The highest BCUT2D eigenvalue weighted by Crippen LogP contribution is 2.32. The Bertz CT molecular complexity index is 650. The van der Waals surface area contributed by atoms with Crippen LogP contribution in [0.3, 0.4) is 0 Å². The number of hydrogen-bond donors (Lipinski definition) is 0. The predicted octanol–water partition coefficient (Wildman–Crippen LogP) is 2.74.